The van der Waals surface area contributed by atoms with E-state index in [4.69, 9.17) is 0 Å². The quantitative estimate of drug-likeness (QED) is 0.903. The number of halogens is 3. The SMILES string of the molecule is O=C(N1CCc2[nH]nc(C(F)(F)F)c2C1)C1(c2ccccc2)CCC1. The number of alkyl halides is 3. The molecule has 2 aliphatic rings. The van der Waals surface area contributed by atoms with Crippen LogP contribution in [0.25, 0.3) is 0 Å². The minimum atomic E-state index is -4.51. The number of aromatic nitrogens is 2. The van der Waals surface area contributed by atoms with Gasteiger partial charge in [0.15, 0.2) is 5.69 Å². The van der Waals surface area contributed by atoms with Crippen molar-refractivity contribution >= 4 is 5.91 Å². The fourth-order valence-corrected chi connectivity index (χ4v) is 3.92. The van der Waals surface area contributed by atoms with Gasteiger partial charge >= 0.3 is 6.18 Å². The number of benzene rings is 1. The number of nitrogens with zero attached hydrogens (tertiary/aromatic N) is 2. The highest BCUT2D eigenvalue weighted by atomic mass is 19.4. The summed E-state index contributed by atoms with van der Waals surface area (Å²) in [7, 11) is 0. The monoisotopic (exact) mass is 349 g/mol. The molecule has 0 unspecified atom stereocenters. The van der Waals surface area contributed by atoms with Crippen LogP contribution in [0.4, 0.5) is 13.2 Å². The summed E-state index contributed by atoms with van der Waals surface area (Å²) < 4.78 is 39.4. The predicted octanol–water partition coefficient (Wildman–Crippen LogP) is 3.44. The third kappa shape index (κ3) is 2.53. The standard InChI is InChI=1S/C18H18F3N3O/c19-18(20,21)15-13-11-24(10-7-14(13)22-23-15)16(25)17(8-4-9-17)12-5-2-1-3-6-12/h1-3,5-6H,4,7-11H2,(H,22,23). The number of rotatable bonds is 2. The van der Waals surface area contributed by atoms with Crippen molar-refractivity contribution in [3.05, 3.63) is 52.8 Å². The van der Waals surface area contributed by atoms with Crippen LogP contribution < -0.4 is 0 Å². The number of H-pyrrole nitrogens is 1. The Kier molecular flexibility index (Phi) is 3.63. The molecule has 7 heteroatoms. The molecule has 4 nitrogen and oxygen atoms in total. The van der Waals surface area contributed by atoms with E-state index in [1.54, 1.807) is 4.90 Å². The van der Waals surface area contributed by atoms with Crippen molar-refractivity contribution in [2.45, 2.75) is 43.8 Å². The number of carbonyl (C=O) groups is 1. The highest BCUT2D eigenvalue weighted by Crippen LogP contribution is 2.46. The number of amides is 1. The highest BCUT2D eigenvalue weighted by molar-refractivity contribution is 5.89. The van der Waals surface area contributed by atoms with Gasteiger partial charge in [0.2, 0.25) is 5.91 Å². The number of nitrogens with one attached hydrogen (secondary N) is 1. The normalized spacial score (nSPS) is 19.2. The topological polar surface area (TPSA) is 49.0 Å². The lowest BCUT2D eigenvalue weighted by Crippen LogP contribution is -2.52. The number of carbonyl (C=O) groups excluding carboxylic acids is 1. The predicted molar refractivity (Wildman–Crippen MR) is 84.7 cm³/mol. The van der Waals surface area contributed by atoms with Crippen molar-refractivity contribution in [1.29, 1.82) is 0 Å². The second-order valence-electron chi connectivity index (χ2n) is 6.81. The summed E-state index contributed by atoms with van der Waals surface area (Å²) in [5, 5.41) is 5.91. The third-order valence-electron chi connectivity index (χ3n) is 5.43. The lowest BCUT2D eigenvalue weighted by atomic mass is 9.63. The Morgan fingerprint density at radius 3 is 2.52 bits per heavy atom. The van der Waals surface area contributed by atoms with Crippen LogP contribution in [-0.2, 0) is 29.4 Å². The summed E-state index contributed by atoms with van der Waals surface area (Å²) in [5.74, 6) is -0.0649. The first-order chi connectivity index (χ1) is 11.9. The van der Waals surface area contributed by atoms with Gasteiger partial charge in [-0.05, 0) is 18.4 Å². The van der Waals surface area contributed by atoms with Gasteiger partial charge in [0.05, 0.1) is 5.41 Å². The van der Waals surface area contributed by atoms with E-state index in [1.165, 1.54) is 0 Å². The van der Waals surface area contributed by atoms with Crippen molar-refractivity contribution in [1.82, 2.24) is 15.1 Å². The van der Waals surface area contributed by atoms with Gasteiger partial charge in [-0.3, -0.25) is 9.89 Å². The summed E-state index contributed by atoms with van der Waals surface area (Å²) in [6, 6.07) is 9.56. The summed E-state index contributed by atoms with van der Waals surface area (Å²) >= 11 is 0. The fourth-order valence-electron chi connectivity index (χ4n) is 3.92. The molecule has 0 radical (unpaired) electrons. The van der Waals surface area contributed by atoms with Crippen LogP contribution in [0.5, 0.6) is 0 Å². The number of aromatic amines is 1. The molecule has 1 amide bonds. The molecule has 0 atom stereocenters. The van der Waals surface area contributed by atoms with E-state index < -0.39 is 17.3 Å². The van der Waals surface area contributed by atoms with Gasteiger partial charge in [-0.1, -0.05) is 36.8 Å². The molecule has 0 saturated heterocycles. The van der Waals surface area contributed by atoms with Crippen molar-refractivity contribution < 1.29 is 18.0 Å². The molecule has 25 heavy (non-hydrogen) atoms. The van der Waals surface area contributed by atoms with Gasteiger partial charge in [-0.15, -0.1) is 0 Å². The number of hydrogen-bond acceptors (Lipinski definition) is 2. The minimum absolute atomic E-state index is 0.0336. The number of hydrogen-bond donors (Lipinski definition) is 1. The highest BCUT2D eigenvalue weighted by Gasteiger charge is 2.49. The molecule has 2 aromatic rings. The van der Waals surface area contributed by atoms with Crippen LogP contribution in [0.2, 0.25) is 0 Å². The molecule has 2 heterocycles. The van der Waals surface area contributed by atoms with Gasteiger partial charge in [0.1, 0.15) is 0 Å². The van der Waals surface area contributed by atoms with E-state index in [2.05, 4.69) is 10.2 Å². The van der Waals surface area contributed by atoms with Crippen molar-refractivity contribution in [2.24, 2.45) is 0 Å². The maximum absolute atomic E-state index is 13.2. The van der Waals surface area contributed by atoms with E-state index >= 15 is 0 Å². The lowest BCUT2D eigenvalue weighted by Gasteiger charge is -2.44. The molecule has 1 saturated carbocycles. The lowest BCUT2D eigenvalue weighted by molar-refractivity contribution is -0.145. The van der Waals surface area contributed by atoms with Crippen LogP contribution in [0.3, 0.4) is 0 Å². The largest absolute Gasteiger partial charge is 0.435 e. The van der Waals surface area contributed by atoms with E-state index in [1.807, 2.05) is 30.3 Å². The average Bonchev–Trinajstić information content (AvgIpc) is 2.98. The van der Waals surface area contributed by atoms with Gasteiger partial charge in [-0.25, -0.2) is 0 Å². The zero-order valence-corrected chi connectivity index (χ0v) is 13.6. The Bertz CT molecular complexity index is 794. The Morgan fingerprint density at radius 2 is 1.92 bits per heavy atom. The molecule has 1 aromatic heterocycles. The first-order valence-electron chi connectivity index (χ1n) is 8.40. The molecule has 1 fully saturated rings. The first-order valence-corrected chi connectivity index (χ1v) is 8.40. The van der Waals surface area contributed by atoms with Gasteiger partial charge < -0.3 is 4.90 Å². The Hall–Kier alpha value is -2.31. The summed E-state index contributed by atoms with van der Waals surface area (Å²) in [5.41, 5.74) is 0.0667. The van der Waals surface area contributed by atoms with Crippen molar-refractivity contribution in [2.75, 3.05) is 6.54 Å². The van der Waals surface area contributed by atoms with E-state index in [0.717, 1.165) is 24.8 Å². The van der Waals surface area contributed by atoms with Gasteiger partial charge in [0.25, 0.3) is 0 Å². The van der Waals surface area contributed by atoms with Crippen molar-refractivity contribution in [3.63, 3.8) is 0 Å². The van der Waals surface area contributed by atoms with Crippen LogP contribution in [0, 0.1) is 0 Å². The molecular formula is C18H18F3N3O. The van der Waals surface area contributed by atoms with Crippen LogP contribution >= 0.6 is 0 Å². The maximum Gasteiger partial charge on any atom is 0.435 e. The molecule has 0 bridgehead atoms. The van der Waals surface area contributed by atoms with E-state index in [0.29, 0.717) is 18.7 Å². The molecule has 1 aromatic carbocycles. The second kappa shape index (κ2) is 5.61. The Balaban J connectivity index is 1.63. The third-order valence-corrected chi connectivity index (χ3v) is 5.43. The van der Waals surface area contributed by atoms with E-state index in [9.17, 15) is 18.0 Å². The average molecular weight is 349 g/mol. The Morgan fingerprint density at radius 1 is 1.20 bits per heavy atom. The molecule has 1 N–H and O–H groups in total. The van der Waals surface area contributed by atoms with Gasteiger partial charge in [-0.2, -0.15) is 18.3 Å². The van der Waals surface area contributed by atoms with Crippen LogP contribution in [0.15, 0.2) is 30.3 Å². The van der Waals surface area contributed by atoms with Gasteiger partial charge in [0, 0.05) is 30.8 Å². The molecule has 132 valence electrons. The minimum Gasteiger partial charge on any atom is -0.337 e. The van der Waals surface area contributed by atoms with Crippen LogP contribution in [-0.4, -0.2) is 27.5 Å². The Labute approximate surface area is 143 Å². The molecule has 4 rings (SSSR count). The summed E-state index contributed by atoms with van der Waals surface area (Å²) in [6.45, 7) is 0.383. The fraction of sp³-hybridized carbons (Fsp3) is 0.444. The zero-order valence-electron chi connectivity index (χ0n) is 13.6. The molecule has 1 aliphatic heterocycles. The number of fused-ring (bicyclic) bond motifs is 1. The maximum atomic E-state index is 13.2. The second-order valence-corrected chi connectivity index (χ2v) is 6.81. The first kappa shape index (κ1) is 16.2. The summed E-state index contributed by atoms with van der Waals surface area (Å²) in [4.78, 5) is 14.8. The molecule has 0 spiro atoms. The molecule has 1 aliphatic carbocycles. The van der Waals surface area contributed by atoms with Crippen LogP contribution in [0.1, 0.15) is 41.8 Å². The smallest absolute Gasteiger partial charge is 0.337 e. The van der Waals surface area contributed by atoms with E-state index in [-0.39, 0.29) is 18.0 Å². The summed E-state index contributed by atoms with van der Waals surface area (Å²) in [6.07, 6.45) is -1.69. The zero-order chi connectivity index (χ0) is 17.7. The van der Waals surface area contributed by atoms with Crippen molar-refractivity contribution in [3.8, 4) is 0 Å². The molecular weight excluding hydrogens is 331 g/mol.